The van der Waals surface area contributed by atoms with Crippen molar-refractivity contribution in [2.45, 2.75) is 6.42 Å². The monoisotopic (exact) mass is 255 g/mol. The number of halogens is 1. The standard InChI is InChI=1S/C12H18ClN3O/c1-16(8-4-7-14)9-12(17)15-11-6-3-2-5-10(11)13/h2-3,5-6H,4,7-9,14H2,1H3,(H,15,17). The zero-order valence-electron chi connectivity index (χ0n) is 9.95. The summed E-state index contributed by atoms with van der Waals surface area (Å²) < 4.78 is 0. The molecular weight excluding hydrogens is 238 g/mol. The Hall–Kier alpha value is -1.10. The van der Waals surface area contributed by atoms with Crippen LogP contribution in [0.3, 0.4) is 0 Å². The highest BCUT2D eigenvalue weighted by atomic mass is 35.5. The molecule has 0 saturated carbocycles. The summed E-state index contributed by atoms with van der Waals surface area (Å²) in [5.41, 5.74) is 6.05. The maximum atomic E-state index is 11.7. The van der Waals surface area contributed by atoms with Crippen LogP contribution < -0.4 is 11.1 Å². The van der Waals surface area contributed by atoms with Crippen LogP contribution in [0.5, 0.6) is 0 Å². The number of nitrogens with one attached hydrogen (secondary N) is 1. The molecule has 0 aliphatic heterocycles. The zero-order chi connectivity index (χ0) is 12.7. The van der Waals surface area contributed by atoms with Crippen molar-refractivity contribution in [2.75, 3.05) is 32.0 Å². The smallest absolute Gasteiger partial charge is 0.238 e. The molecule has 1 aromatic carbocycles. The van der Waals surface area contributed by atoms with Gasteiger partial charge in [-0.3, -0.25) is 9.69 Å². The molecule has 17 heavy (non-hydrogen) atoms. The maximum absolute atomic E-state index is 11.7. The normalized spacial score (nSPS) is 10.6. The Morgan fingerprint density at radius 2 is 2.18 bits per heavy atom. The van der Waals surface area contributed by atoms with Crippen molar-refractivity contribution >= 4 is 23.2 Å². The largest absolute Gasteiger partial charge is 0.330 e. The van der Waals surface area contributed by atoms with Gasteiger partial charge in [-0.15, -0.1) is 0 Å². The fraction of sp³-hybridized carbons (Fsp3) is 0.417. The van der Waals surface area contributed by atoms with Gasteiger partial charge in [0.25, 0.3) is 0 Å². The van der Waals surface area contributed by atoms with Gasteiger partial charge in [0.15, 0.2) is 0 Å². The molecule has 0 spiro atoms. The molecule has 1 rings (SSSR count). The molecule has 0 bridgehead atoms. The van der Waals surface area contributed by atoms with Crippen LogP contribution in [0.4, 0.5) is 5.69 Å². The van der Waals surface area contributed by atoms with Gasteiger partial charge in [-0.2, -0.15) is 0 Å². The fourth-order valence-corrected chi connectivity index (χ4v) is 1.62. The van der Waals surface area contributed by atoms with Gasteiger partial charge in [-0.25, -0.2) is 0 Å². The minimum atomic E-state index is -0.0716. The summed E-state index contributed by atoms with van der Waals surface area (Å²) in [5.74, 6) is -0.0716. The summed E-state index contributed by atoms with van der Waals surface area (Å²) >= 11 is 5.94. The molecule has 1 aromatic rings. The van der Waals surface area contributed by atoms with Crippen molar-refractivity contribution in [3.05, 3.63) is 29.3 Å². The average molecular weight is 256 g/mol. The minimum absolute atomic E-state index is 0.0716. The highest BCUT2D eigenvalue weighted by molar-refractivity contribution is 6.33. The lowest BCUT2D eigenvalue weighted by Crippen LogP contribution is -2.31. The first-order valence-electron chi connectivity index (χ1n) is 5.56. The summed E-state index contributed by atoms with van der Waals surface area (Å²) in [6, 6.07) is 7.18. The van der Waals surface area contributed by atoms with Crippen molar-refractivity contribution < 1.29 is 4.79 Å². The van der Waals surface area contributed by atoms with Gasteiger partial charge in [0.1, 0.15) is 0 Å². The molecule has 94 valence electrons. The SMILES string of the molecule is CN(CCCN)CC(=O)Nc1ccccc1Cl. The van der Waals surface area contributed by atoms with E-state index in [1.165, 1.54) is 0 Å². The first-order valence-corrected chi connectivity index (χ1v) is 5.94. The molecule has 0 aromatic heterocycles. The summed E-state index contributed by atoms with van der Waals surface area (Å²) in [4.78, 5) is 13.6. The molecule has 0 heterocycles. The van der Waals surface area contributed by atoms with Crippen LogP contribution in [0.15, 0.2) is 24.3 Å². The van der Waals surface area contributed by atoms with E-state index in [0.29, 0.717) is 23.8 Å². The van der Waals surface area contributed by atoms with Gasteiger partial charge in [0.2, 0.25) is 5.91 Å². The summed E-state index contributed by atoms with van der Waals surface area (Å²) in [5, 5.41) is 3.32. The number of para-hydroxylation sites is 1. The minimum Gasteiger partial charge on any atom is -0.330 e. The van der Waals surface area contributed by atoms with E-state index >= 15 is 0 Å². The maximum Gasteiger partial charge on any atom is 0.238 e. The van der Waals surface area contributed by atoms with Crippen molar-refractivity contribution in [1.29, 1.82) is 0 Å². The highest BCUT2D eigenvalue weighted by Gasteiger charge is 2.07. The van der Waals surface area contributed by atoms with Crippen LogP contribution in [-0.2, 0) is 4.79 Å². The Bertz CT molecular complexity index is 371. The third kappa shape index (κ3) is 5.17. The lowest BCUT2D eigenvalue weighted by atomic mass is 10.3. The third-order valence-corrected chi connectivity index (χ3v) is 2.64. The second-order valence-corrected chi connectivity index (χ2v) is 4.32. The number of nitrogens with zero attached hydrogens (tertiary/aromatic N) is 1. The summed E-state index contributed by atoms with van der Waals surface area (Å²) in [7, 11) is 1.89. The van der Waals surface area contributed by atoms with E-state index in [0.717, 1.165) is 13.0 Å². The van der Waals surface area contributed by atoms with Crippen LogP contribution in [0, 0.1) is 0 Å². The van der Waals surface area contributed by atoms with Gasteiger partial charge >= 0.3 is 0 Å². The molecule has 0 aliphatic carbocycles. The second-order valence-electron chi connectivity index (χ2n) is 3.91. The van der Waals surface area contributed by atoms with Gasteiger partial charge in [0.05, 0.1) is 17.3 Å². The number of likely N-dealkylation sites (N-methyl/N-ethyl adjacent to an activating group) is 1. The Balaban J connectivity index is 2.42. The third-order valence-electron chi connectivity index (χ3n) is 2.31. The number of rotatable bonds is 6. The lowest BCUT2D eigenvalue weighted by molar-refractivity contribution is -0.117. The number of hydrogen-bond donors (Lipinski definition) is 2. The molecule has 0 aliphatic rings. The number of anilines is 1. The highest BCUT2D eigenvalue weighted by Crippen LogP contribution is 2.20. The molecular formula is C12H18ClN3O. The van der Waals surface area contributed by atoms with Crippen LogP contribution >= 0.6 is 11.6 Å². The summed E-state index contributed by atoms with van der Waals surface area (Å²) in [6.45, 7) is 1.79. The van der Waals surface area contributed by atoms with Gasteiger partial charge in [0, 0.05) is 0 Å². The number of benzene rings is 1. The van der Waals surface area contributed by atoms with Crippen LogP contribution in [0.2, 0.25) is 5.02 Å². The van der Waals surface area contributed by atoms with E-state index < -0.39 is 0 Å². The molecule has 3 N–H and O–H groups in total. The van der Waals surface area contributed by atoms with E-state index in [-0.39, 0.29) is 5.91 Å². The van der Waals surface area contributed by atoms with E-state index in [9.17, 15) is 4.79 Å². The predicted octanol–water partition coefficient (Wildman–Crippen LogP) is 1.56. The molecule has 0 unspecified atom stereocenters. The van der Waals surface area contributed by atoms with E-state index in [1.807, 2.05) is 24.1 Å². The van der Waals surface area contributed by atoms with Gasteiger partial charge in [-0.05, 0) is 38.7 Å². The zero-order valence-corrected chi connectivity index (χ0v) is 10.7. The van der Waals surface area contributed by atoms with Crippen LogP contribution in [0.1, 0.15) is 6.42 Å². The Morgan fingerprint density at radius 3 is 2.82 bits per heavy atom. The number of carbonyl (C=O) groups excluding carboxylic acids is 1. The first kappa shape index (κ1) is 14.0. The molecule has 1 amide bonds. The Kier molecular flexibility index (Phi) is 5.97. The van der Waals surface area contributed by atoms with Crippen LogP contribution in [-0.4, -0.2) is 37.5 Å². The Morgan fingerprint density at radius 1 is 1.47 bits per heavy atom. The van der Waals surface area contributed by atoms with E-state index in [4.69, 9.17) is 17.3 Å². The fourth-order valence-electron chi connectivity index (χ4n) is 1.44. The molecule has 0 saturated heterocycles. The Labute approximate surface area is 107 Å². The van der Waals surface area contributed by atoms with Crippen molar-refractivity contribution in [1.82, 2.24) is 4.90 Å². The lowest BCUT2D eigenvalue weighted by Gasteiger charge is -2.15. The van der Waals surface area contributed by atoms with Gasteiger partial charge in [-0.1, -0.05) is 23.7 Å². The van der Waals surface area contributed by atoms with Gasteiger partial charge < -0.3 is 11.1 Å². The number of nitrogens with two attached hydrogens (primary N) is 1. The molecule has 0 fully saturated rings. The van der Waals surface area contributed by atoms with E-state index in [2.05, 4.69) is 5.32 Å². The summed E-state index contributed by atoms with van der Waals surface area (Å²) in [6.07, 6.45) is 0.885. The number of amides is 1. The predicted molar refractivity (Wildman–Crippen MR) is 71.3 cm³/mol. The van der Waals surface area contributed by atoms with Crippen LogP contribution in [0.25, 0.3) is 0 Å². The quantitative estimate of drug-likeness (QED) is 0.811. The molecule has 0 atom stereocenters. The van der Waals surface area contributed by atoms with Crippen molar-refractivity contribution in [3.8, 4) is 0 Å². The number of hydrogen-bond acceptors (Lipinski definition) is 3. The molecule has 0 radical (unpaired) electrons. The van der Waals surface area contributed by atoms with E-state index in [1.54, 1.807) is 12.1 Å². The van der Waals surface area contributed by atoms with Crippen molar-refractivity contribution in [2.24, 2.45) is 5.73 Å². The first-order chi connectivity index (χ1) is 8.13. The van der Waals surface area contributed by atoms with Crippen molar-refractivity contribution in [3.63, 3.8) is 0 Å². The topological polar surface area (TPSA) is 58.4 Å². The average Bonchev–Trinajstić information content (AvgIpc) is 2.29. The molecule has 5 heteroatoms. The molecule has 4 nitrogen and oxygen atoms in total. The second kappa shape index (κ2) is 7.27. The number of carbonyl (C=O) groups is 1.